The highest BCUT2D eigenvalue weighted by Gasteiger charge is 2.35. The number of carbonyl (C=O) groups excluding carboxylic acids is 1. The maximum Gasteiger partial charge on any atom is 0.254 e. The number of amides is 1. The third-order valence-corrected chi connectivity index (χ3v) is 4.46. The van der Waals surface area contributed by atoms with Crippen LogP contribution in [0.15, 0.2) is 36.5 Å². The van der Waals surface area contributed by atoms with Crippen molar-refractivity contribution in [1.82, 2.24) is 14.8 Å². The van der Waals surface area contributed by atoms with Gasteiger partial charge in [-0.2, -0.15) is 0 Å². The molecule has 4 nitrogen and oxygen atoms in total. The van der Waals surface area contributed by atoms with Crippen LogP contribution in [0.1, 0.15) is 16.8 Å². The molecule has 0 saturated carbocycles. The first-order chi connectivity index (χ1) is 9.81. The van der Waals surface area contributed by atoms with Crippen molar-refractivity contribution in [2.75, 3.05) is 26.2 Å². The number of benzene rings is 1. The second-order valence-corrected chi connectivity index (χ2v) is 5.65. The second-order valence-electron chi connectivity index (χ2n) is 5.65. The quantitative estimate of drug-likeness (QED) is 0.790. The van der Waals surface area contributed by atoms with E-state index in [4.69, 9.17) is 0 Å². The molecule has 2 aliphatic heterocycles. The molecule has 0 N–H and O–H groups in total. The predicted octanol–water partition coefficient (Wildman–Crippen LogP) is 1.76. The molecule has 3 heterocycles. The zero-order valence-electron chi connectivity index (χ0n) is 11.3. The number of aromatic nitrogens is 1. The lowest BCUT2D eigenvalue weighted by molar-refractivity contribution is 0.0609. The summed E-state index contributed by atoms with van der Waals surface area (Å²) < 4.78 is 0. The van der Waals surface area contributed by atoms with Crippen molar-refractivity contribution in [3.63, 3.8) is 0 Å². The Morgan fingerprint density at radius 1 is 1.20 bits per heavy atom. The van der Waals surface area contributed by atoms with Gasteiger partial charge in [0.15, 0.2) is 0 Å². The van der Waals surface area contributed by atoms with Gasteiger partial charge in [-0.1, -0.05) is 6.07 Å². The van der Waals surface area contributed by atoms with Crippen molar-refractivity contribution < 1.29 is 4.79 Å². The van der Waals surface area contributed by atoms with E-state index in [-0.39, 0.29) is 5.91 Å². The largest absolute Gasteiger partial charge is 0.333 e. The number of hydrogen-bond donors (Lipinski definition) is 0. The van der Waals surface area contributed by atoms with Gasteiger partial charge in [0.05, 0.1) is 5.52 Å². The fourth-order valence-corrected chi connectivity index (χ4v) is 3.34. The molecule has 1 aromatic carbocycles. The van der Waals surface area contributed by atoms with Crippen LogP contribution in [0.3, 0.4) is 0 Å². The molecule has 2 saturated heterocycles. The second kappa shape index (κ2) is 4.56. The average molecular weight is 267 g/mol. The van der Waals surface area contributed by atoms with Crippen LogP contribution in [-0.4, -0.2) is 52.9 Å². The number of carbonyl (C=O) groups is 1. The topological polar surface area (TPSA) is 36.4 Å². The summed E-state index contributed by atoms with van der Waals surface area (Å²) in [6.45, 7) is 4.04. The molecule has 2 bridgehead atoms. The molecule has 2 unspecified atom stereocenters. The Bertz CT molecular complexity index is 670. The Balaban J connectivity index is 1.66. The van der Waals surface area contributed by atoms with E-state index in [1.165, 1.54) is 0 Å². The molecule has 2 aliphatic rings. The standard InChI is InChI=1S/C16H17N3O/c20-16(19-9-8-18-7-5-14(19)11-18)13-3-4-15-12(10-13)2-1-6-17-15/h1-4,6,10,14H,5,7-9,11H2. The fraction of sp³-hybridized carbons (Fsp3) is 0.375. The summed E-state index contributed by atoms with van der Waals surface area (Å²) in [5, 5.41) is 1.03. The minimum atomic E-state index is 0.169. The zero-order chi connectivity index (χ0) is 13.5. The van der Waals surface area contributed by atoms with E-state index in [0.717, 1.165) is 49.1 Å². The van der Waals surface area contributed by atoms with E-state index < -0.39 is 0 Å². The average Bonchev–Trinajstić information content (AvgIpc) is 2.88. The molecule has 4 rings (SSSR count). The number of hydrogen-bond acceptors (Lipinski definition) is 3. The van der Waals surface area contributed by atoms with E-state index >= 15 is 0 Å². The van der Waals surface area contributed by atoms with Crippen LogP contribution >= 0.6 is 0 Å². The number of fused-ring (bicyclic) bond motifs is 3. The smallest absolute Gasteiger partial charge is 0.254 e. The molecular weight excluding hydrogens is 250 g/mol. The van der Waals surface area contributed by atoms with Crippen molar-refractivity contribution in [2.24, 2.45) is 0 Å². The molecule has 102 valence electrons. The molecule has 0 radical (unpaired) electrons. The lowest BCUT2D eigenvalue weighted by Gasteiger charge is -2.34. The monoisotopic (exact) mass is 267 g/mol. The number of pyridine rings is 1. The third kappa shape index (κ3) is 1.88. The lowest BCUT2D eigenvalue weighted by atomic mass is 10.1. The van der Waals surface area contributed by atoms with Gasteiger partial charge in [0, 0.05) is 49.4 Å². The van der Waals surface area contributed by atoms with E-state index in [1.807, 2.05) is 30.3 Å². The summed E-state index contributed by atoms with van der Waals surface area (Å²) in [5.41, 5.74) is 1.72. The first-order valence-electron chi connectivity index (χ1n) is 7.19. The number of piperazine rings is 1. The van der Waals surface area contributed by atoms with Crippen LogP contribution in [0.25, 0.3) is 10.9 Å². The van der Waals surface area contributed by atoms with Gasteiger partial charge in [-0.25, -0.2) is 0 Å². The molecule has 20 heavy (non-hydrogen) atoms. The highest BCUT2D eigenvalue weighted by molar-refractivity contribution is 5.98. The van der Waals surface area contributed by atoms with Gasteiger partial charge in [-0.05, 0) is 30.7 Å². The highest BCUT2D eigenvalue weighted by atomic mass is 16.2. The van der Waals surface area contributed by atoms with E-state index in [9.17, 15) is 4.79 Å². The van der Waals surface area contributed by atoms with Crippen LogP contribution in [0.5, 0.6) is 0 Å². The Morgan fingerprint density at radius 3 is 3.10 bits per heavy atom. The minimum absolute atomic E-state index is 0.169. The Kier molecular flexibility index (Phi) is 2.70. The van der Waals surface area contributed by atoms with Crippen molar-refractivity contribution in [2.45, 2.75) is 12.5 Å². The van der Waals surface area contributed by atoms with Crippen molar-refractivity contribution in [1.29, 1.82) is 0 Å². The van der Waals surface area contributed by atoms with Crippen LogP contribution in [0, 0.1) is 0 Å². The van der Waals surface area contributed by atoms with Crippen LogP contribution in [-0.2, 0) is 0 Å². The molecule has 1 aromatic heterocycles. The number of rotatable bonds is 1. The fourth-order valence-electron chi connectivity index (χ4n) is 3.34. The summed E-state index contributed by atoms with van der Waals surface area (Å²) >= 11 is 0. The van der Waals surface area contributed by atoms with Gasteiger partial charge in [-0.3, -0.25) is 14.7 Å². The van der Waals surface area contributed by atoms with Gasteiger partial charge in [-0.15, -0.1) is 0 Å². The molecular formula is C16H17N3O. The van der Waals surface area contributed by atoms with E-state index in [2.05, 4.69) is 14.8 Å². The van der Waals surface area contributed by atoms with Crippen molar-refractivity contribution in [3.05, 3.63) is 42.1 Å². The van der Waals surface area contributed by atoms with Crippen molar-refractivity contribution in [3.8, 4) is 0 Å². The summed E-state index contributed by atoms with van der Waals surface area (Å²) in [4.78, 5) is 21.5. The maximum atomic E-state index is 12.7. The lowest BCUT2D eigenvalue weighted by Crippen LogP contribution is -2.49. The SMILES string of the molecule is O=C(c1ccc2ncccc2c1)N1CCN2CCC1C2. The highest BCUT2D eigenvalue weighted by Crippen LogP contribution is 2.23. The van der Waals surface area contributed by atoms with Crippen molar-refractivity contribution >= 4 is 16.8 Å². The van der Waals surface area contributed by atoms with E-state index in [1.54, 1.807) is 6.20 Å². The minimum Gasteiger partial charge on any atom is -0.333 e. The molecule has 4 heteroatoms. The summed E-state index contributed by atoms with van der Waals surface area (Å²) in [7, 11) is 0. The first kappa shape index (κ1) is 11.9. The van der Waals surface area contributed by atoms with Gasteiger partial charge in [0.25, 0.3) is 5.91 Å². The normalized spacial score (nSPS) is 25.1. The Morgan fingerprint density at radius 2 is 2.15 bits per heavy atom. The first-order valence-corrected chi connectivity index (χ1v) is 7.19. The zero-order valence-corrected chi connectivity index (χ0v) is 11.3. The predicted molar refractivity (Wildman–Crippen MR) is 77.6 cm³/mol. The summed E-state index contributed by atoms with van der Waals surface area (Å²) in [6, 6.07) is 10.1. The Labute approximate surface area is 118 Å². The molecule has 2 fully saturated rings. The molecule has 2 aromatic rings. The molecule has 1 amide bonds. The molecule has 2 atom stereocenters. The van der Waals surface area contributed by atoms with Gasteiger partial charge in [0.1, 0.15) is 0 Å². The molecule has 0 aliphatic carbocycles. The van der Waals surface area contributed by atoms with Gasteiger partial charge in [0.2, 0.25) is 0 Å². The third-order valence-electron chi connectivity index (χ3n) is 4.46. The van der Waals surface area contributed by atoms with Crippen LogP contribution in [0.2, 0.25) is 0 Å². The van der Waals surface area contributed by atoms with Crippen LogP contribution in [0.4, 0.5) is 0 Å². The van der Waals surface area contributed by atoms with E-state index in [0.29, 0.717) is 6.04 Å². The van der Waals surface area contributed by atoms with Crippen LogP contribution < -0.4 is 0 Å². The Hall–Kier alpha value is -1.94. The summed E-state index contributed by atoms with van der Waals surface area (Å²) in [5.74, 6) is 0.169. The maximum absolute atomic E-state index is 12.7. The van der Waals surface area contributed by atoms with Gasteiger partial charge >= 0.3 is 0 Å². The summed E-state index contributed by atoms with van der Waals surface area (Å²) in [6.07, 6.45) is 2.89. The molecule has 0 spiro atoms. The number of nitrogens with zero attached hydrogens (tertiary/aromatic N) is 3. The van der Waals surface area contributed by atoms with Gasteiger partial charge < -0.3 is 4.90 Å².